The molecule has 0 aliphatic rings. The van der Waals surface area contributed by atoms with Gasteiger partial charge in [-0.2, -0.15) is 0 Å². The second-order valence-corrected chi connectivity index (χ2v) is 4.97. The van der Waals surface area contributed by atoms with Crippen LogP contribution in [0.25, 0.3) is 0 Å². The van der Waals surface area contributed by atoms with Crippen molar-refractivity contribution >= 4 is 0 Å². The van der Waals surface area contributed by atoms with E-state index in [1.807, 2.05) is 12.2 Å². The Morgan fingerprint density at radius 3 is 2.47 bits per heavy atom. The highest BCUT2D eigenvalue weighted by atomic mass is 14.1. The van der Waals surface area contributed by atoms with Gasteiger partial charge in [0.15, 0.2) is 0 Å². The molecular weight excluding hydrogens is 204 g/mol. The van der Waals surface area contributed by atoms with Crippen LogP contribution < -0.4 is 0 Å². The van der Waals surface area contributed by atoms with Gasteiger partial charge in [-0.3, -0.25) is 0 Å². The van der Waals surface area contributed by atoms with Gasteiger partial charge in [-0.1, -0.05) is 37.6 Å². The van der Waals surface area contributed by atoms with Gasteiger partial charge >= 0.3 is 0 Å². The Morgan fingerprint density at radius 2 is 1.88 bits per heavy atom. The van der Waals surface area contributed by atoms with E-state index in [0.717, 1.165) is 18.8 Å². The first kappa shape index (κ1) is 16.2. The van der Waals surface area contributed by atoms with Crippen LogP contribution >= 0.6 is 0 Å². The largest absolute Gasteiger partial charge is 0.103 e. The minimum absolute atomic E-state index is 0.779. The molecule has 1 unspecified atom stereocenters. The molecule has 0 aliphatic heterocycles. The monoisotopic (exact) mass is 234 g/mol. The maximum Gasteiger partial charge on any atom is -0.0318 e. The van der Waals surface area contributed by atoms with E-state index in [0.29, 0.717) is 0 Å². The summed E-state index contributed by atoms with van der Waals surface area (Å²) in [5.74, 6) is 0.779. The maximum atomic E-state index is 3.81. The van der Waals surface area contributed by atoms with E-state index in [1.54, 1.807) is 5.57 Å². The Hall–Kier alpha value is -0.780. The van der Waals surface area contributed by atoms with Crippen LogP contribution in [0.1, 0.15) is 65.2 Å². The molecule has 0 aromatic carbocycles. The van der Waals surface area contributed by atoms with Crippen molar-refractivity contribution in [1.29, 1.82) is 0 Å². The van der Waals surface area contributed by atoms with Gasteiger partial charge in [0.25, 0.3) is 0 Å². The van der Waals surface area contributed by atoms with E-state index >= 15 is 0 Å². The van der Waals surface area contributed by atoms with Crippen LogP contribution in [0.2, 0.25) is 0 Å². The zero-order valence-corrected chi connectivity index (χ0v) is 11.9. The highest BCUT2D eigenvalue weighted by Crippen LogP contribution is 2.20. The third-order valence-corrected chi connectivity index (χ3v) is 3.18. The van der Waals surface area contributed by atoms with E-state index in [2.05, 4.69) is 33.1 Å². The van der Waals surface area contributed by atoms with Crippen LogP contribution in [0.5, 0.6) is 0 Å². The van der Waals surface area contributed by atoms with Crippen molar-refractivity contribution < 1.29 is 0 Å². The number of hydrogen-bond acceptors (Lipinski definition) is 0. The Bertz CT molecular complexity index is 222. The van der Waals surface area contributed by atoms with Gasteiger partial charge in [-0.25, -0.2) is 0 Å². The third kappa shape index (κ3) is 10.1. The van der Waals surface area contributed by atoms with Gasteiger partial charge in [-0.05, 0) is 57.3 Å². The molecule has 0 heteroatoms. The number of unbranched alkanes of at least 4 members (excludes halogenated alkanes) is 2. The fourth-order valence-corrected chi connectivity index (χ4v) is 2.09. The van der Waals surface area contributed by atoms with Crippen molar-refractivity contribution in [3.63, 3.8) is 0 Å². The minimum Gasteiger partial charge on any atom is -0.103 e. The van der Waals surface area contributed by atoms with Crippen molar-refractivity contribution in [2.75, 3.05) is 0 Å². The standard InChI is InChI=1S/C17H30/c1-5-8-9-10-13-17(12-7-3)15-14-16(4)11-6-2/h5-6,12,16H,1-2,7-11,13-15H2,3-4H3. The first-order valence-corrected chi connectivity index (χ1v) is 7.14. The van der Waals surface area contributed by atoms with Crippen LogP contribution in [0.15, 0.2) is 37.0 Å². The van der Waals surface area contributed by atoms with Gasteiger partial charge in [-0.15, -0.1) is 13.2 Å². The van der Waals surface area contributed by atoms with E-state index in [9.17, 15) is 0 Å². The lowest BCUT2D eigenvalue weighted by Gasteiger charge is -2.11. The maximum absolute atomic E-state index is 3.81. The van der Waals surface area contributed by atoms with Crippen LogP contribution in [0.4, 0.5) is 0 Å². The molecule has 17 heavy (non-hydrogen) atoms. The van der Waals surface area contributed by atoms with Crippen molar-refractivity contribution in [1.82, 2.24) is 0 Å². The molecule has 0 aromatic rings. The first-order chi connectivity index (χ1) is 8.24. The number of allylic oxidation sites excluding steroid dienone is 4. The normalized spacial score (nSPS) is 13.4. The van der Waals surface area contributed by atoms with Crippen LogP contribution in [0.3, 0.4) is 0 Å². The molecule has 1 atom stereocenters. The molecule has 0 saturated carbocycles. The average molecular weight is 234 g/mol. The van der Waals surface area contributed by atoms with Crippen molar-refractivity contribution in [3.8, 4) is 0 Å². The van der Waals surface area contributed by atoms with Crippen molar-refractivity contribution in [2.24, 2.45) is 5.92 Å². The first-order valence-electron chi connectivity index (χ1n) is 7.14. The molecule has 0 N–H and O–H groups in total. The SMILES string of the molecule is C=CCCCCC(=CCC)CCC(C)CC=C. The van der Waals surface area contributed by atoms with Crippen LogP contribution in [-0.2, 0) is 0 Å². The molecule has 0 aliphatic carbocycles. The van der Waals surface area contributed by atoms with Gasteiger partial charge < -0.3 is 0 Å². The van der Waals surface area contributed by atoms with E-state index in [-0.39, 0.29) is 0 Å². The number of hydrogen-bond donors (Lipinski definition) is 0. The van der Waals surface area contributed by atoms with Gasteiger partial charge in [0, 0.05) is 0 Å². The second-order valence-electron chi connectivity index (χ2n) is 4.97. The molecule has 0 heterocycles. The second kappa shape index (κ2) is 11.7. The molecule has 0 fully saturated rings. The fraction of sp³-hybridized carbons (Fsp3) is 0.647. The molecule has 0 rings (SSSR count). The zero-order valence-electron chi connectivity index (χ0n) is 11.9. The highest BCUT2D eigenvalue weighted by molar-refractivity contribution is 5.02. The molecule has 0 saturated heterocycles. The lowest BCUT2D eigenvalue weighted by atomic mass is 9.95. The summed E-state index contributed by atoms with van der Waals surface area (Å²) in [6.07, 6.45) is 16.4. The minimum atomic E-state index is 0.779. The summed E-state index contributed by atoms with van der Waals surface area (Å²) >= 11 is 0. The third-order valence-electron chi connectivity index (χ3n) is 3.18. The highest BCUT2D eigenvalue weighted by Gasteiger charge is 2.02. The average Bonchev–Trinajstić information content (AvgIpc) is 2.32. The summed E-state index contributed by atoms with van der Waals surface area (Å²) in [5, 5.41) is 0. The predicted octanol–water partition coefficient (Wildman–Crippen LogP) is 6.06. The van der Waals surface area contributed by atoms with Gasteiger partial charge in [0.1, 0.15) is 0 Å². The molecule has 0 bridgehead atoms. The zero-order chi connectivity index (χ0) is 12.9. The van der Waals surface area contributed by atoms with E-state index in [1.165, 1.54) is 38.5 Å². The molecule has 0 aromatic heterocycles. The molecule has 0 spiro atoms. The molecule has 0 radical (unpaired) electrons. The van der Waals surface area contributed by atoms with E-state index < -0.39 is 0 Å². The lowest BCUT2D eigenvalue weighted by Crippen LogP contribution is -1.95. The summed E-state index contributed by atoms with van der Waals surface area (Å²) in [4.78, 5) is 0. The van der Waals surface area contributed by atoms with Crippen LogP contribution in [-0.4, -0.2) is 0 Å². The summed E-state index contributed by atoms with van der Waals surface area (Å²) in [6, 6.07) is 0. The Kier molecular flexibility index (Phi) is 11.2. The summed E-state index contributed by atoms with van der Waals surface area (Å²) in [7, 11) is 0. The Balaban J connectivity index is 3.85. The summed E-state index contributed by atoms with van der Waals surface area (Å²) < 4.78 is 0. The number of rotatable bonds is 11. The molecule has 0 nitrogen and oxygen atoms in total. The van der Waals surface area contributed by atoms with Crippen LogP contribution in [0, 0.1) is 5.92 Å². The lowest BCUT2D eigenvalue weighted by molar-refractivity contribution is 0.530. The Morgan fingerprint density at radius 1 is 1.12 bits per heavy atom. The molecular formula is C17H30. The molecule has 98 valence electrons. The predicted molar refractivity (Wildman–Crippen MR) is 80.3 cm³/mol. The van der Waals surface area contributed by atoms with E-state index in [4.69, 9.17) is 0 Å². The molecule has 0 amide bonds. The summed E-state index contributed by atoms with van der Waals surface area (Å²) in [5.41, 5.74) is 1.66. The summed E-state index contributed by atoms with van der Waals surface area (Å²) in [6.45, 7) is 12.1. The smallest absolute Gasteiger partial charge is 0.0318 e. The van der Waals surface area contributed by atoms with Gasteiger partial charge in [0.2, 0.25) is 0 Å². The topological polar surface area (TPSA) is 0 Å². The fourth-order valence-electron chi connectivity index (χ4n) is 2.09. The van der Waals surface area contributed by atoms with Gasteiger partial charge in [0.05, 0.1) is 0 Å². The quantitative estimate of drug-likeness (QED) is 0.301. The van der Waals surface area contributed by atoms with Crippen molar-refractivity contribution in [2.45, 2.75) is 65.2 Å². The van der Waals surface area contributed by atoms with Crippen molar-refractivity contribution in [3.05, 3.63) is 37.0 Å². The Labute approximate surface area is 109 Å².